The van der Waals surface area contributed by atoms with E-state index in [-0.39, 0.29) is 18.0 Å². The Hall–Kier alpha value is -1.32. The van der Waals surface area contributed by atoms with E-state index in [0.29, 0.717) is 23.7 Å². The summed E-state index contributed by atoms with van der Waals surface area (Å²) in [5, 5.41) is 0. The number of esters is 2. The van der Waals surface area contributed by atoms with Gasteiger partial charge in [-0.3, -0.25) is 9.59 Å². The molecule has 4 rings (SSSR count). The number of carbonyl (C=O) groups is 2. The van der Waals surface area contributed by atoms with E-state index in [0.717, 1.165) is 48.9 Å². The summed E-state index contributed by atoms with van der Waals surface area (Å²) in [4.78, 5) is 23.1. The van der Waals surface area contributed by atoms with Crippen molar-refractivity contribution < 1.29 is 19.1 Å². The quantitative estimate of drug-likeness (QED) is 0.386. The molecule has 0 spiro atoms. The first-order valence-corrected chi connectivity index (χ1v) is 12.7. The second kappa shape index (κ2) is 9.27. The summed E-state index contributed by atoms with van der Waals surface area (Å²) >= 11 is 0. The van der Waals surface area contributed by atoms with Gasteiger partial charge in [-0.25, -0.2) is 0 Å². The predicted octanol–water partition coefficient (Wildman–Crippen LogP) is 5.94. The van der Waals surface area contributed by atoms with Crippen LogP contribution in [0.15, 0.2) is 12.7 Å². The van der Waals surface area contributed by atoms with Crippen molar-refractivity contribution in [3.8, 4) is 0 Å². The molecule has 174 valence electrons. The van der Waals surface area contributed by atoms with Gasteiger partial charge in [-0.2, -0.15) is 0 Å². The fourth-order valence-electron chi connectivity index (χ4n) is 8.77. The summed E-state index contributed by atoms with van der Waals surface area (Å²) in [6.07, 6.45) is 15.0. The monoisotopic (exact) mass is 430 g/mol. The van der Waals surface area contributed by atoms with Gasteiger partial charge in [0.25, 0.3) is 0 Å². The molecule has 0 radical (unpaired) electrons. The van der Waals surface area contributed by atoms with Crippen LogP contribution in [-0.2, 0) is 19.1 Å². The van der Waals surface area contributed by atoms with Crippen LogP contribution in [0.25, 0.3) is 0 Å². The van der Waals surface area contributed by atoms with Gasteiger partial charge in [0.05, 0.1) is 7.11 Å². The van der Waals surface area contributed by atoms with Crippen molar-refractivity contribution >= 4 is 11.9 Å². The molecule has 4 saturated carbocycles. The number of rotatable bonds is 6. The SMILES string of the molecule is C=C[C@H](CCC(=O)OC)[C@H]1CCC2C3CC[C@H]4C[C@@H](OC(C)=O)CC[C@@H]4C3CC[C@@]21C. The highest BCUT2D eigenvalue weighted by molar-refractivity contribution is 5.69. The van der Waals surface area contributed by atoms with Crippen molar-refractivity contribution in [3.63, 3.8) is 0 Å². The van der Waals surface area contributed by atoms with Crippen LogP contribution in [-0.4, -0.2) is 25.2 Å². The minimum absolute atomic E-state index is 0.0991. The molecular weight excluding hydrogens is 388 g/mol. The Labute approximate surface area is 188 Å². The lowest BCUT2D eigenvalue weighted by atomic mass is 9.49. The lowest BCUT2D eigenvalue weighted by Gasteiger charge is -2.56. The molecule has 9 atom stereocenters. The molecule has 0 bridgehead atoms. The Morgan fingerprint density at radius 3 is 2.55 bits per heavy atom. The largest absolute Gasteiger partial charge is 0.469 e. The maximum atomic E-state index is 11.7. The number of carbonyl (C=O) groups excluding carboxylic acids is 2. The van der Waals surface area contributed by atoms with E-state index in [1.807, 2.05) is 0 Å². The molecule has 0 saturated heterocycles. The molecule has 31 heavy (non-hydrogen) atoms. The minimum atomic E-state index is -0.119. The molecule has 0 aromatic carbocycles. The maximum Gasteiger partial charge on any atom is 0.305 e. The highest BCUT2D eigenvalue weighted by Crippen LogP contribution is 2.65. The van der Waals surface area contributed by atoms with Gasteiger partial charge in [0.15, 0.2) is 0 Å². The minimum Gasteiger partial charge on any atom is -0.469 e. The smallest absolute Gasteiger partial charge is 0.305 e. The first-order valence-electron chi connectivity index (χ1n) is 12.7. The van der Waals surface area contributed by atoms with Gasteiger partial charge in [-0.15, -0.1) is 6.58 Å². The Morgan fingerprint density at radius 1 is 1.06 bits per heavy atom. The molecular formula is C27H42O4. The third-order valence-corrected chi connectivity index (χ3v) is 10.0. The van der Waals surface area contributed by atoms with Crippen molar-refractivity contribution in [2.24, 2.45) is 46.8 Å². The molecule has 0 aromatic rings. The molecule has 3 unspecified atom stereocenters. The zero-order chi connectivity index (χ0) is 22.2. The maximum absolute atomic E-state index is 11.7. The van der Waals surface area contributed by atoms with Crippen LogP contribution >= 0.6 is 0 Å². The fourth-order valence-corrected chi connectivity index (χ4v) is 8.77. The number of fused-ring (bicyclic) bond motifs is 5. The molecule has 0 aliphatic heterocycles. The van der Waals surface area contributed by atoms with Crippen LogP contribution in [0.5, 0.6) is 0 Å². The first kappa shape index (κ1) is 22.9. The molecule has 0 heterocycles. The number of allylic oxidation sites excluding steroid dienone is 1. The highest BCUT2D eigenvalue weighted by atomic mass is 16.5. The average Bonchev–Trinajstić information content (AvgIpc) is 3.10. The van der Waals surface area contributed by atoms with E-state index in [9.17, 15) is 9.59 Å². The van der Waals surface area contributed by atoms with Gasteiger partial charge in [-0.1, -0.05) is 13.0 Å². The van der Waals surface area contributed by atoms with Crippen molar-refractivity contribution in [1.82, 2.24) is 0 Å². The van der Waals surface area contributed by atoms with Crippen LogP contribution in [0.1, 0.15) is 84.5 Å². The lowest BCUT2D eigenvalue weighted by Crippen LogP contribution is -2.49. The lowest BCUT2D eigenvalue weighted by molar-refractivity contribution is -0.152. The van der Waals surface area contributed by atoms with E-state index in [1.165, 1.54) is 52.1 Å². The molecule has 4 aliphatic rings. The predicted molar refractivity (Wildman–Crippen MR) is 121 cm³/mol. The molecule has 0 N–H and O–H groups in total. The molecule has 0 amide bonds. The second-order valence-corrected chi connectivity index (χ2v) is 11.2. The van der Waals surface area contributed by atoms with E-state index in [4.69, 9.17) is 9.47 Å². The third kappa shape index (κ3) is 4.33. The van der Waals surface area contributed by atoms with E-state index in [2.05, 4.69) is 19.6 Å². The second-order valence-electron chi connectivity index (χ2n) is 11.2. The van der Waals surface area contributed by atoms with Gasteiger partial charge < -0.3 is 9.47 Å². The molecule has 4 aliphatic carbocycles. The Morgan fingerprint density at radius 2 is 1.84 bits per heavy atom. The Kier molecular flexibility index (Phi) is 6.84. The average molecular weight is 431 g/mol. The Balaban J connectivity index is 1.43. The Bertz CT molecular complexity index is 687. The number of hydrogen-bond donors (Lipinski definition) is 0. The number of ether oxygens (including phenoxy) is 2. The summed E-state index contributed by atoms with van der Waals surface area (Å²) in [6.45, 7) is 8.26. The highest BCUT2D eigenvalue weighted by Gasteiger charge is 2.57. The van der Waals surface area contributed by atoms with Crippen molar-refractivity contribution in [1.29, 1.82) is 0 Å². The number of methoxy groups -OCH3 is 1. The molecule has 4 fully saturated rings. The van der Waals surface area contributed by atoms with Crippen LogP contribution in [0.4, 0.5) is 0 Å². The van der Waals surface area contributed by atoms with E-state index < -0.39 is 0 Å². The van der Waals surface area contributed by atoms with Gasteiger partial charge in [0.1, 0.15) is 6.10 Å². The standard InChI is InChI=1S/C27H42O4/c1-5-18(7-13-26(29)30-4)24-11-12-25-23-9-6-19-16-20(31-17(2)28)8-10-21(19)22(23)14-15-27(24,25)3/h5,18-25H,1,6-16H2,2-4H3/t18-,19+,20+,21+,22?,23?,24-,25?,27-/m1/s1. The van der Waals surface area contributed by atoms with Crippen LogP contribution < -0.4 is 0 Å². The van der Waals surface area contributed by atoms with Gasteiger partial charge in [0, 0.05) is 13.3 Å². The zero-order valence-electron chi connectivity index (χ0n) is 19.8. The van der Waals surface area contributed by atoms with Crippen molar-refractivity contribution in [3.05, 3.63) is 12.7 Å². The first-order chi connectivity index (χ1) is 14.9. The molecule has 4 nitrogen and oxygen atoms in total. The van der Waals surface area contributed by atoms with Crippen LogP contribution in [0.3, 0.4) is 0 Å². The van der Waals surface area contributed by atoms with Gasteiger partial charge in [-0.05, 0) is 111 Å². The molecule has 4 heteroatoms. The van der Waals surface area contributed by atoms with Crippen molar-refractivity contribution in [2.75, 3.05) is 7.11 Å². The van der Waals surface area contributed by atoms with Gasteiger partial charge in [0.2, 0.25) is 0 Å². The van der Waals surface area contributed by atoms with E-state index >= 15 is 0 Å². The van der Waals surface area contributed by atoms with Gasteiger partial charge >= 0.3 is 11.9 Å². The third-order valence-electron chi connectivity index (χ3n) is 10.0. The van der Waals surface area contributed by atoms with E-state index in [1.54, 1.807) is 6.92 Å². The summed E-state index contributed by atoms with van der Waals surface area (Å²) in [7, 11) is 1.48. The summed E-state index contributed by atoms with van der Waals surface area (Å²) in [5.41, 5.74) is 0.387. The summed E-state index contributed by atoms with van der Waals surface area (Å²) < 4.78 is 10.5. The number of hydrogen-bond acceptors (Lipinski definition) is 4. The fraction of sp³-hybridized carbons (Fsp3) is 0.852. The normalized spacial score (nSPS) is 42.5. The molecule has 0 aromatic heterocycles. The topological polar surface area (TPSA) is 52.6 Å². The van der Waals surface area contributed by atoms with Crippen LogP contribution in [0.2, 0.25) is 0 Å². The summed E-state index contributed by atoms with van der Waals surface area (Å²) in [5.74, 6) is 4.99. The van der Waals surface area contributed by atoms with Crippen molar-refractivity contribution in [2.45, 2.75) is 90.6 Å². The summed E-state index contributed by atoms with van der Waals surface area (Å²) in [6, 6.07) is 0. The zero-order valence-corrected chi connectivity index (χ0v) is 19.8. The van der Waals surface area contributed by atoms with Crippen LogP contribution in [0, 0.1) is 46.8 Å².